The summed E-state index contributed by atoms with van der Waals surface area (Å²) in [6, 6.07) is 1.07. The van der Waals surface area contributed by atoms with Crippen molar-refractivity contribution in [2.45, 2.75) is 23.9 Å². The molecule has 2 rings (SSSR count). The summed E-state index contributed by atoms with van der Waals surface area (Å²) < 4.78 is 46.0. The van der Waals surface area contributed by atoms with Gasteiger partial charge in [0.2, 0.25) is 6.23 Å². The van der Waals surface area contributed by atoms with Crippen molar-refractivity contribution in [3.05, 3.63) is 22.7 Å². The third-order valence-corrected chi connectivity index (χ3v) is 3.14. The van der Waals surface area contributed by atoms with Crippen LogP contribution in [0.25, 0.3) is 0 Å². The van der Waals surface area contributed by atoms with Gasteiger partial charge in [0.25, 0.3) is 0 Å². The Bertz CT molecular complexity index is 561. The molecular formula is C10H12F3N3O4. The fourth-order valence-corrected chi connectivity index (χ4v) is 1.97. The van der Waals surface area contributed by atoms with Crippen LogP contribution < -0.4 is 11.4 Å². The SMILES string of the molecule is Nc1ccn(C2OC(CO)(CF)C(O)C2(F)F)c(=O)n1. The molecule has 20 heavy (non-hydrogen) atoms. The van der Waals surface area contributed by atoms with Gasteiger partial charge in [-0.15, -0.1) is 0 Å². The molecule has 3 unspecified atom stereocenters. The van der Waals surface area contributed by atoms with E-state index >= 15 is 0 Å². The molecule has 0 radical (unpaired) electrons. The molecular weight excluding hydrogens is 283 g/mol. The fourth-order valence-electron chi connectivity index (χ4n) is 1.97. The molecule has 1 aliphatic rings. The third kappa shape index (κ3) is 1.96. The van der Waals surface area contributed by atoms with Crippen molar-refractivity contribution in [2.75, 3.05) is 19.0 Å². The molecule has 1 fully saturated rings. The third-order valence-electron chi connectivity index (χ3n) is 3.14. The van der Waals surface area contributed by atoms with Crippen molar-refractivity contribution in [1.29, 1.82) is 0 Å². The second kappa shape index (κ2) is 4.72. The summed E-state index contributed by atoms with van der Waals surface area (Å²) in [5, 5.41) is 18.5. The number of anilines is 1. The van der Waals surface area contributed by atoms with Crippen LogP contribution in [0.4, 0.5) is 19.0 Å². The topological polar surface area (TPSA) is 111 Å². The number of nitrogen functional groups attached to an aromatic ring is 1. The Morgan fingerprint density at radius 1 is 1.55 bits per heavy atom. The molecule has 1 saturated heterocycles. The highest BCUT2D eigenvalue weighted by atomic mass is 19.3. The van der Waals surface area contributed by atoms with Crippen LogP contribution in [0, 0.1) is 0 Å². The highest BCUT2D eigenvalue weighted by molar-refractivity contribution is 5.24. The van der Waals surface area contributed by atoms with Gasteiger partial charge in [-0.3, -0.25) is 4.57 Å². The average molecular weight is 295 g/mol. The summed E-state index contributed by atoms with van der Waals surface area (Å²) in [6.45, 7) is -2.72. The van der Waals surface area contributed by atoms with Crippen LogP contribution in [0.3, 0.4) is 0 Å². The van der Waals surface area contributed by atoms with E-state index in [1.54, 1.807) is 0 Å². The Morgan fingerprint density at radius 2 is 2.20 bits per heavy atom. The number of hydrogen-bond donors (Lipinski definition) is 3. The van der Waals surface area contributed by atoms with E-state index in [0.29, 0.717) is 4.57 Å². The molecule has 0 bridgehead atoms. The average Bonchev–Trinajstić information content (AvgIpc) is 2.60. The van der Waals surface area contributed by atoms with Crippen LogP contribution in [0.2, 0.25) is 0 Å². The predicted molar refractivity (Wildman–Crippen MR) is 59.8 cm³/mol. The number of nitrogens with two attached hydrogens (primary N) is 1. The van der Waals surface area contributed by atoms with Gasteiger partial charge in [-0.25, -0.2) is 9.18 Å². The summed E-state index contributed by atoms with van der Waals surface area (Å²) in [7, 11) is 0. The summed E-state index contributed by atoms with van der Waals surface area (Å²) in [5.41, 5.74) is 1.59. The number of aromatic nitrogens is 2. The number of nitrogens with zero attached hydrogens (tertiary/aromatic N) is 2. The molecule has 3 atom stereocenters. The van der Waals surface area contributed by atoms with E-state index in [0.717, 1.165) is 12.3 Å². The zero-order valence-corrected chi connectivity index (χ0v) is 10.0. The van der Waals surface area contributed by atoms with Crippen molar-refractivity contribution >= 4 is 5.82 Å². The fraction of sp³-hybridized carbons (Fsp3) is 0.600. The van der Waals surface area contributed by atoms with E-state index in [-0.39, 0.29) is 5.82 Å². The van der Waals surface area contributed by atoms with Crippen LogP contribution >= 0.6 is 0 Å². The number of rotatable bonds is 3. The maximum atomic E-state index is 14.0. The standard InChI is InChI=1S/C10H12F3N3O4/c11-3-9(4-17)6(18)10(12,13)7(20-9)16-2-1-5(14)15-8(16)19/h1-2,6-7,17-18H,3-4H2,(H2,14,15,19). The molecule has 0 spiro atoms. The summed E-state index contributed by atoms with van der Waals surface area (Å²) in [5.74, 6) is -4.18. The second-order valence-electron chi connectivity index (χ2n) is 4.45. The normalized spacial score (nSPS) is 32.5. The number of alkyl halides is 3. The minimum Gasteiger partial charge on any atom is -0.393 e. The van der Waals surface area contributed by atoms with Crippen molar-refractivity contribution in [2.24, 2.45) is 0 Å². The number of ether oxygens (including phenoxy) is 1. The highest BCUT2D eigenvalue weighted by Gasteiger charge is 2.67. The Hall–Kier alpha value is -1.65. The number of aliphatic hydroxyl groups is 2. The van der Waals surface area contributed by atoms with Crippen molar-refractivity contribution in [1.82, 2.24) is 9.55 Å². The largest absolute Gasteiger partial charge is 0.393 e. The minimum absolute atomic E-state index is 0.188. The maximum Gasteiger partial charge on any atom is 0.351 e. The first-order chi connectivity index (χ1) is 9.28. The van der Waals surface area contributed by atoms with Gasteiger partial charge in [0.15, 0.2) is 11.7 Å². The van der Waals surface area contributed by atoms with E-state index < -0.39 is 42.8 Å². The molecule has 0 aliphatic carbocycles. The first-order valence-corrected chi connectivity index (χ1v) is 5.53. The lowest BCUT2D eigenvalue weighted by atomic mass is 9.97. The van der Waals surface area contributed by atoms with Crippen molar-refractivity contribution < 1.29 is 28.1 Å². The smallest absolute Gasteiger partial charge is 0.351 e. The second-order valence-corrected chi connectivity index (χ2v) is 4.45. The van der Waals surface area contributed by atoms with E-state index in [9.17, 15) is 23.1 Å². The molecule has 112 valence electrons. The lowest BCUT2D eigenvalue weighted by molar-refractivity contribution is -0.148. The van der Waals surface area contributed by atoms with Gasteiger partial charge in [0.05, 0.1) is 6.61 Å². The zero-order chi connectivity index (χ0) is 15.1. The predicted octanol–water partition coefficient (Wildman–Crippen LogP) is -0.949. The Morgan fingerprint density at radius 3 is 2.65 bits per heavy atom. The van der Waals surface area contributed by atoms with Gasteiger partial charge in [0.1, 0.15) is 12.5 Å². The minimum atomic E-state index is -3.99. The number of hydrogen-bond acceptors (Lipinski definition) is 6. The van der Waals surface area contributed by atoms with Crippen molar-refractivity contribution in [3.63, 3.8) is 0 Å². The molecule has 10 heteroatoms. The molecule has 1 aromatic rings. The Kier molecular flexibility index (Phi) is 3.48. The van der Waals surface area contributed by atoms with Crippen LogP contribution in [0.15, 0.2) is 17.1 Å². The molecule has 1 aromatic heterocycles. The van der Waals surface area contributed by atoms with Gasteiger partial charge in [0, 0.05) is 6.20 Å². The molecule has 4 N–H and O–H groups in total. The van der Waals surface area contributed by atoms with Crippen LogP contribution in [-0.2, 0) is 4.74 Å². The van der Waals surface area contributed by atoms with E-state index in [1.807, 2.05) is 0 Å². The van der Waals surface area contributed by atoms with E-state index in [4.69, 9.17) is 15.6 Å². The summed E-state index contributed by atoms with van der Waals surface area (Å²) >= 11 is 0. The van der Waals surface area contributed by atoms with E-state index in [1.165, 1.54) is 0 Å². The van der Waals surface area contributed by atoms with Crippen LogP contribution in [0.5, 0.6) is 0 Å². The first-order valence-electron chi connectivity index (χ1n) is 5.53. The lowest BCUT2D eigenvalue weighted by Crippen LogP contribution is -2.50. The van der Waals surface area contributed by atoms with E-state index in [2.05, 4.69) is 4.98 Å². The molecule has 1 aliphatic heterocycles. The molecule has 0 aromatic carbocycles. The quantitative estimate of drug-likeness (QED) is 0.663. The number of halogens is 3. The Labute approximate surface area is 110 Å². The molecule has 0 amide bonds. The van der Waals surface area contributed by atoms with Crippen LogP contribution in [-0.4, -0.2) is 50.7 Å². The van der Waals surface area contributed by atoms with Gasteiger partial charge < -0.3 is 20.7 Å². The highest BCUT2D eigenvalue weighted by Crippen LogP contribution is 2.47. The summed E-state index contributed by atoms with van der Waals surface area (Å²) in [4.78, 5) is 14.8. The number of aliphatic hydroxyl groups excluding tert-OH is 2. The maximum absolute atomic E-state index is 14.0. The molecule has 0 saturated carbocycles. The lowest BCUT2D eigenvalue weighted by Gasteiger charge is -2.25. The molecule has 2 heterocycles. The summed E-state index contributed by atoms with van der Waals surface area (Å²) in [6.07, 6.45) is -4.01. The van der Waals surface area contributed by atoms with Gasteiger partial charge in [-0.2, -0.15) is 13.8 Å². The zero-order valence-electron chi connectivity index (χ0n) is 10.0. The Balaban J connectivity index is 2.50. The van der Waals surface area contributed by atoms with Gasteiger partial charge in [-0.1, -0.05) is 0 Å². The molecule has 7 nitrogen and oxygen atoms in total. The van der Waals surface area contributed by atoms with Gasteiger partial charge >= 0.3 is 11.6 Å². The van der Waals surface area contributed by atoms with Crippen LogP contribution in [0.1, 0.15) is 6.23 Å². The van der Waals surface area contributed by atoms with Crippen molar-refractivity contribution in [3.8, 4) is 0 Å². The first kappa shape index (κ1) is 14.8. The van der Waals surface area contributed by atoms with Gasteiger partial charge in [-0.05, 0) is 6.07 Å². The monoisotopic (exact) mass is 295 g/mol.